The number of carbonyl (C=O) groups excluding carboxylic acids is 5. The predicted molar refractivity (Wildman–Crippen MR) is 186 cm³/mol. The highest BCUT2D eigenvalue weighted by Crippen LogP contribution is 2.31. The summed E-state index contributed by atoms with van der Waals surface area (Å²) >= 11 is 0. The highest BCUT2D eigenvalue weighted by atomic mass is 16.5. The molecule has 2 aliphatic rings. The first-order valence-corrected chi connectivity index (χ1v) is 17.1. The summed E-state index contributed by atoms with van der Waals surface area (Å²) in [7, 11) is 0. The molecule has 51 heavy (non-hydrogen) atoms. The summed E-state index contributed by atoms with van der Waals surface area (Å²) in [6.45, 7) is 4.78. The van der Waals surface area contributed by atoms with Crippen LogP contribution in [0.15, 0.2) is 67.0 Å². The number of hydrogen-bond acceptors (Lipinski definition) is 9. The second kappa shape index (κ2) is 17.0. The van der Waals surface area contributed by atoms with E-state index in [1.54, 1.807) is 30.0 Å². The molecular weight excluding hydrogens is 654 g/mol. The van der Waals surface area contributed by atoms with Crippen LogP contribution in [0.5, 0.6) is 5.75 Å². The van der Waals surface area contributed by atoms with E-state index >= 15 is 0 Å². The Morgan fingerprint density at radius 2 is 1.71 bits per heavy atom. The van der Waals surface area contributed by atoms with Crippen molar-refractivity contribution >= 4 is 29.5 Å². The van der Waals surface area contributed by atoms with Crippen LogP contribution in [-0.4, -0.2) is 112 Å². The molecule has 2 aliphatic heterocycles. The molecule has 0 aliphatic carbocycles. The standard InChI is InChI=1S/C37H45N7O7/c1-23(2)12-13-43-20-33(46)40-29(14-25-8-5-4-6-9-25)35(48)42-31-19-44(36(49)30-17-38-24(3)16-39-30)18-28(31)26-10-7-11-27(15-26)51-22-34(47)41-32(21-45)37(43)50/h4-11,15-17,23,28-29,31-32,45H,12-14,18-22H2,1-3H3,(H,40,46)(H,41,47)(H,42,48)/t28-,29-,31+,32-/m0/s1. The first-order valence-electron chi connectivity index (χ1n) is 17.1. The van der Waals surface area contributed by atoms with Gasteiger partial charge in [0.05, 0.1) is 31.1 Å². The molecule has 1 fully saturated rings. The van der Waals surface area contributed by atoms with Gasteiger partial charge in [0.1, 0.15) is 23.5 Å². The van der Waals surface area contributed by atoms with Gasteiger partial charge in [-0.2, -0.15) is 0 Å². The van der Waals surface area contributed by atoms with Crippen molar-refractivity contribution in [1.29, 1.82) is 0 Å². The van der Waals surface area contributed by atoms with E-state index in [4.69, 9.17) is 4.74 Å². The summed E-state index contributed by atoms with van der Waals surface area (Å²) in [5, 5.41) is 18.6. The van der Waals surface area contributed by atoms with Gasteiger partial charge in [-0.15, -0.1) is 0 Å². The second-order valence-electron chi connectivity index (χ2n) is 13.4. The molecule has 3 heterocycles. The molecule has 0 unspecified atom stereocenters. The third-order valence-corrected chi connectivity index (χ3v) is 8.96. The fourth-order valence-corrected chi connectivity index (χ4v) is 6.18. The monoisotopic (exact) mass is 699 g/mol. The maximum absolute atomic E-state index is 14.2. The van der Waals surface area contributed by atoms with Crippen molar-refractivity contribution in [2.45, 2.75) is 57.7 Å². The number of aliphatic hydroxyl groups excluding tert-OH is 1. The smallest absolute Gasteiger partial charge is 0.274 e. The van der Waals surface area contributed by atoms with Crippen molar-refractivity contribution in [2.24, 2.45) is 5.92 Å². The molecule has 2 aromatic carbocycles. The zero-order valence-corrected chi connectivity index (χ0v) is 29.1. The number of aryl methyl sites for hydroxylation is 1. The zero-order chi connectivity index (χ0) is 36.5. The number of amides is 5. The summed E-state index contributed by atoms with van der Waals surface area (Å²) in [5.41, 5.74) is 2.39. The number of aliphatic hydroxyl groups is 1. The van der Waals surface area contributed by atoms with Crippen LogP contribution in [0.25, 0.3) is 0 Å². The molecule has 4 atom stereocenters. The number of fused-ring (bicyclic) bond motifs is 4. The molecule has 14 nitrogen and oxygen atoms in total. The van der Waals surface area contributed by atoms with Crippen LogP contribution in [0.2, 0.25) is 0 Å². The van der Waals surface area contributed by atoms with Gasteiger partial charge in [0.15, 0.2) is 6.61 Å². The average Bonchev–Trinajstić information content (AvgIpc) is 3.54. The summed E-state index contributed by atoms with van der Waals surface area (Å²) in [6.07, 6.45) is 3.67. The Morgan fingerprint density at radius 3 is 2.41 bits per heavy atom. The number of aromatic nitrogens is 2. The van der Waals surface area contributed by atoms with E-state index in [-0.39, 0.29) is 49.5 Å². The summed E-state index contributed by atoms with van der Waals surface area (Å²) < 4.78 is 5.79. The summed E-state index contributed by atoms with van der Waals surface area (Å²) in [4.78, 5) is 79.3. The summed E-state index contributed by atoms with van der Waals surface area (Å²) in [6, 6.07) is 13.3. The predicted octanol–water partition coefficient (Wildman–Crippen LogP) is 0.981. The molecule has 3 aromatic rings. The lowest BCUT2D eigenvalue weighted by Gasteiger charge is -2.29. The van der Waals surface area contributed by atoms with E-state index in [9.17, 15) is 29.1 Å². The van der Waals surface area contributed by atoms with Gasteiger partial charge in [0, 0.05) is 38.2 Å². The normalized spacial score (nSPS) is 21.9. The zero-order valence-electron chi connectivity index (χ0n) is 29.1. The molecule has 1 aromatic heterocycles. The van der Waals surface area contributed by atoms with Crippen molar-refractivity contribution in [3.63, 3.8) is 0 Å². The minimum atomic E-state index is -1.31. The van der Waals surface area contributed by atoms with Crippen LogP contribution in [0, 0.1) is 12.8 Å². The minimum absolute atomic E-state index is 0.157. The largest absolute Gasteiger partial charge is 0.484 e. The Kier molecular flexibility index (Phi) is 12.3. The SMILES string of the molecule is Cc1cnc(C(=O)N2C[C@H]3NC(=O)[C@H](Cc4ccccc4)NC(=O)CN(CCC(C)C)C(=O)[C@H](CO)NC(=O)COc4cccc(c4)[C@@H]3C2)cn1. The van der Waals surface area contributed by atoms with Gasteiger partial charge >= 0.3 is 0 Å². The molecule has 5 amide bonds. The fourth-order valence-electron chi connectivity index (χ4n) is 6.18. The van der Waals surface area contributed by atoms with Crippen LogP contribution in [-0.2, 0) is 25.6 Å². The lowest BCUT2D eigenvalue weighted by molar-refractivity contribution is -0.141. The highest BCUT2D eigenvalue weighted by Gasteiger charge is 2.39. The van der Waals surface area contributed by atoms with Crippen LogP contribution < -0.4 is 20.7 Å². The summed E-state index contributed by atoms with van der Waals surface area (Å²) in [5.74, 6) is -2.48. The van der Waals surface area contributed by atoms with Gasteiger partial charge < -0.3 is 35.6 Å². The fraction of sp³-hybridized carbons (Fsp3) is 0.432. The highest BCUT2D eigenvalue weighted by molar-refractivity contribution is 5.94. The first-order chi connectivity index (χ1) is 24.5. The van der Waals surface area contributed by atoms with Crippen LogP contribution in [0.1, 0.15) is 53.5 Å². The maximum atomic E-state index is 14.2. The van der Waals surface area contributed by atoms with Gasteiger partial charge in [-0.1, -0.05) is 56.3 Å². The van der Waals surface area contributed by atoms with Gasteiger partial charge in [-0.3, -0.25) is 29.0 Å². The van der Waals surface area contributed by atoms with Crippen molar-refractivity contribution < 1.29 is 33.8 Å². The quantitative estimate of drug-likeness (QED) is 0.279. The number of ether oxygens (including phenoxy) is 1. The van der Waals surface area contributed by atoms with Gasteiger partial charge in [0.2, 0.25) is 17.7 Å². The molecule has 1 saturated heterocycles. The number of nitrogens with zero attached hydrogens (tertiary/aromatic N) is 4. The molecule has 2 bridgehead atoms. The Labute approximate surface area is 297 Å². The molecule has 5 rings (SSSR count). The van der Waals surface area contributed by atoms with Crippen LogP contribution in [0.4, 0.5) is 0 Å². The first kappa shape index (κ1) is 36.9. The van der Waals surface area contributed by atoms with E-state index in [2.05, 4.69) is 25.9 Å². The lowest BCUT2D eigenvalue weighted by atomic mass is 9.93. The van der Waals surface area contributed by atoms with Gasteiger partial charge in [0.25, 0.3) is 11.8 Å². The Bertz CT molecular complexity index is 1700. The second-order valence-corrected chi connectivity index (χ2v) is 13.4. The molecular formula is C37H45N7O7. The molecule has 270 valence electrons. The minimum Gasteiger partial charge on any atom is -0.484 e. The Morgan fingerprint density at radius 1 is 0.941 bits per heavy atom. The Balaban J connectivity index is 1.49. The van der Waals surface area contributed by atoms with E-state index in [0.717, 1.165) is 11.1 Å². The molecule has 14 heteroatoms. The number of likely N-dealkylation sites (tertiary alicyclic amines) is 1. The molecule has 0 saturated carbocycles. The van der Waals surface area contributed by atoms with Crippen molar-refractivity contribution in [3.8, 4) is 5.75 Å². The maximum Gasteiger partial charge on any atom is 0.274 e. The topological polar surface area (TPSA) is 183 Å². The van der Waals surface area contributed by atoms with Crippen LogP contribution in [0.3, 0.4) is 0 Å². The third kappa shape index (κ3) is 9.87. The van der Waals surface area contributed by atoms with Crippen molar-refractivity contribution in [3.05, 3.63) is 89.5 Å². The van der Waals surface area contributed by atoms with Crippen molar-refractivity contribution in [1.82, 2.24) is 35.7 Å². The van der Waals surface area contributed by atoms with Gasteiger partial charge in [-0.25, -0.2) is 4.98 Å². The van der Waals surface area contributed by atoms with Crippen molar-refractivity contribution in [2.75, 3.05) is 39.4 Å². The molecule has 0 radical (unpaired) electrons. The van der Waals surface area contributed by atoms with E-state index < -0.39 is 61.5 Å². The molecule has 4 N–H and O–H groups in total. The number of rotatable bonds is 7. The van der Waals surface area contributed by atoms with Gasteiger partial charge in [-0.05, 0) is 42.5 Å². The number of carbonyl (C=O) groups is 5. The molecule has 0 spiro atoms. The average molecular weight is 700 g/mol. The lowest BCUT2D eigenvalue weighted by Crippen LogP contribution is -2.56. The Hall–Kier alpha value is -5.37. The number of benzene rings is 2. The number of nitrogens with one attached hydrogen (secondary N) is 3. The third-order valence-electron chi connectivity index (χ3n) is 8.96. The van der Waals surface area contributed by atoms with Crippen LogP contribution >= 0.6 is 0 Å². The number of hydrogen-bond donors (Lipinski definition) is 4. The van der Waals surface area contributed by atoms with E-state index in [1.807, 2.05) is 50.2 Å². The van der Waals surface area contributed by atoms with E-state index in [1.165, 1.54) is 17.3 Å². The van der Waals surface area contributed by atoms with E-state index in [0.29, 0.717) is 17.9 Å².